The van der Waals surface area contributed by atoms with E-state index in [4.69, 9.17) is 4.42 Å². The Labute approximate surface area is 166 Å². The zero-order chi connectivity index (χ0) is 19.2. The second-order valence-electron chi connectivity index (χ2n) is 9.88. The Hall–Kier alpha value is -0.980. The van der Waals surface area contributed by atoms with Gasteiger partial charge in [0.1, 0.15) is 12.0 Å². The molecule has 3 aliphatic rings. The molecule has 1 N–H and O–H groups in total. The summed E-state index contributed by atoms with van der Waals surface area (Å²) in [7, 11) is 0. The first-order valence-electron chi connectivity index (χ1n) is 10.1. The molecule has 0 aromatic carbocycles. The zero-order valence-corrected chi connectivity index (χ0v) is 17.6. The van der Waals surface area contributed by atoms with Crippen LogP contribution < -0.4 is 5.63 Å². The highest BCUT2D eigenvalue weighted by atomic mass is 32.2. The maximum Gasteiger partial charge on any atom is 0.343 e. The number of aromatic hydroxyl groups is 1. The molecule has 1 aromatic rings. The SMILES string of the molecule is CC1(C)C[C@@H]2C[C@](C)(CN2Cc2c(O)c(CN3CCSCC3)coc2=O)C1. The molecular weight excluding hydrogens is 360 g/mol. The van der Waals surface area contributed by atoms with Crippen LogP contribution in [0.25, 0.3) is 0 Å². The molecule has 2 bridgehead atoms. The molecule has 0 radical (unpaired) electrons. The number of hydrogen-bond donors (Lipinski definition) is 1. The molecule has 1 saturated carbocycles. The van der Waals surface area contributed by atoms with E-state index in [9.17, 15) is 9.90 Å². The first-order chi connectivity index (χ1) is 12.7. The van der Waals surface area contributed by atoms with E-state index in [1.165, 1.54) is 19.1 Å². The first kappa shape index (κ1) is 19.3. The summed E-state index contributed by atoms with van der Waals surface area (Å²) in [4.78, 5) is 17.1. The van der Waals surface area contributed by atoms with E-state index in [1.807, 2.05) is 11.8 Å². The van der Waals surface area contributed by atoms with Crippen molar-refractivity contribution in [3.8, 4) is 5.75 Å². The quantitative estimate of drug-likeness (QED) is 0.849. The van der Waals surface area contributed by atoms with Crippen molar-refractivity contribution < 1.29 is 9.52 Å². The molecule has 150 valence electrons. The van der Waals surface area contributed by atoms with Crippen molar-refractivity contribution in [1.82, 2.24) is 9.80 Å². The standard InChI is InChI=1S/C21H32N2O3S/c1-20(2)8-16-9-21(3,13-20)14-23(16)11-17-18(24)15(12-26-19(17)25)10-22-4-6-27-7-5-22/h12,16,24H,4-11,13-14H2,1-3H3/t16-,21+/m1/s1. The second-order valence-corrected chi connectivity index (χ2v) is 11.1. The Morgan fingerprint density at radius 1 is 1.22 bits per heavy atom. The van der Waals surface area contributed by atoms with Crippen LogP contribution in [0, 0.1) is 10.8 Å². The number of rotatable bonds is 4. The molecule has 4 rings (SSSR count). The highest BCUT2D eigenvalue weighted by molar-refractivity contribution is 7.99. The first-order valence-corrected chi connectivity index (χ1v) is 11.3. The van der Waals surface area contributed by atoms with Gasteiger partial charge >= 0.3 is 5.63 Å². The van der Waals surface area contributed by atoms with Crippen molar-refractivity contribution in [2.45, 2.75) is 59.2 Å². The Morgan fingerprint density at radius 2 is 1.96 bits per heavy atom. The number of nitrogens with zero attached hydrogens (tertiary/aromatic N) is 2. The lowest BCUT2D eigenvalue weighted by Crippen LogP contribution is -2.35. The smallest absolute Gasteiger partial charge is 0.343 e. The lowest BCUT2D eigenvalue weighted by molar-refractivity contribution is 0.126. The van der Waals surface area contributed by atoms with Gasteiger partial charge in [-0.3, -0.25) is 9.80 Å². The molecule has 27 heavy (non-hydrogen) atoms. The summed E-state index contributed by atoms with van der Waals surface area (Å²) < 4.78 is 5.33. The highest BCUT2D eigenvalue weighted by Gasteiger charge is 2.49. The van der Waals surface area contributed by atoms with Gasteiger partial charge in [-0.25, -0.2) is 4.79 Å². The minimum atomic E-state index is -0.392. The molecule has 2 aliphatic heterocycles. The Morgan fingerprint density at radius 3 is 2.70 bits per heavy atom. The van der Waals surface area contributed by atoms with Crippen LogP contribution >= 0.6 is 11.8 Å². The monoisotopic (exact) mass is 392 g/mol. The van der Waals surface area contributed by atoms with Crippen molar-refractivity contribution in [3.05, 3.63) is 27.8 Å². The molecule has 6 heteroatoms. The fourth-order valence-corrected chi connectivity index (χ4v) is 6.74. The van der Waals surface area contributed by atoms with E-state index >= 15 is 0 Å². The minimum absolute atomic E-state index is 0.148. The van der Waals surface area contributed by atoms with Crippen LogP contribution in [0.2, 0.25) is 0 Å². The lowest BCUT2D eigenvalue weighted by Gasteiger charge is -2.39. The molecule has 5 nitrogen and oxygen atoms in total. The average Bonchev–Trinajstić information content (AvgIpc) is 2.83. The van der Waals surface area contributed by atoms with Crippen molar-refractivity contribution in [3.63, 3.8) is 0 Å². The summed E-state index contributed by atoms with van der Waals surface area (Å²) in [5, 5.41) is 10.8. The van der Waals surface area contributed by atoms with Gasteiger partial charge in [0, 0.05) is 55.8 Å². The van der Waals surface area contributed by atoms with Gasteiger partial charge in [0.2, 0.25) is 0 Å². The third-order valence-corrected chi connectivity index (χ3v) is 7.47. The van der Waals surface area contributed by atoms with Gasteiger partial charge in [0.15, 0.2) is 0 Å². The predicted molar refractivity (Wildman–Crippen MR) is 109 cm³/mol. The van der Waals surface area contributed by atoms with E-state index in [0.717, 1.165) is 43.1 Å². The van der Waals surface area contributed by atoms with Crippen LogP contribution in [0.15, 0.2) is 15.5 Å². The van der Waals surface area contributed by atoms with Crippen molar-refractivity contribution >= 4 is 11.8 Å². The van der Waals surface area contributed by atoms with Crippen LogP contribution in [-0.4, -0.2) is 52.1 Å². The average molecular weight is 393 g/mol. The summed E-state index contributed by atoms with van der Waals surface area (Å²) in [5.74, 6) is 2.39. The van der Waals surface area contributed by atoms with Crippen LogP contribution in [0.5, 0.6) is 5.75 Å². The van der Waals surface area contributed by atoms with E-state index in [2.05, 4.69) is 30.6 Å². The van der Waals surface area contributed by atoms with E-state index in [1.54, 1.807) is 0 Å². The molecule has 0 spiro atoms. The van der Waals surface area contributed by atoms with Gasteiger partial charge in [-0.15, -0.1) is 0 Å². The van der Waals surface area contributed by atoms with Gasteiger partial charge in [0.25, 0.3) is 0 Å². The molecule has 2 atom stereocenters. The summed E-state index contributed by atoms with van der Waals surface area (Å²) in [5.41, 5.74) is 1.44. The fourth-order valence-electron chi connectivity index (χ4n) is 5.76. The second kappa shape index (κ2) is 7.12. The van der Waals surface area contributed by atoms with Crippen LogP contribution in [-0.2, 0) is 13.1 Å². The molecule has 2 saturated heterocycles. The van der Waals surface area contributed by atoms with Crippen molar-refractivity contribution in [2.24, 2.45) is 10.8 Å². The van der Waals surface area contributed by atoms with Crippen molar-refractivity contribution in [2.75, 3.05) is 31.1 Å². The van der Waals surface area contributed by atoms with Gasteiger partial charge in [-0.2, -0.15) is 11.8 Å². The minimum Gasteiger partial charge on any atom is -0.507 e. The van der Waals surface area contributed by atoms with Gasteiger partial charge in [-0.1, -0.05) is 20.8 Å². The van der Waals surface area contributed by atoms with Crippen LogP contribution in [0.3, 0.4) is 0 Å². The normalized spacial score (nSPS) is 31.3. The maximum absolute atomic E-state index is 12.4. The highest BCUT2D eigenvalue weighted by Crippen LogP contribution is 2.52. The van der Waals surface area contributed by atoms with E-state index in [-0.39, 0.29) is 5.75 Å². The lowest BCUT2D eigenvalue weighted by atomic mass is 9.65. The Balaban J connectivity index is 1.54. The molecule has 3 fully saturated rings. The topological polar surface area (TPSA) is 56.9 Å². The molecule has 1 aromatic heterocycles. The van der Waals surface area contributed by atoms with E-state index in [0.29, 0.717) is 35.5 Å². The molecule has 0 amide bonds. The molecular formula is C21H32N2O3S. The zero-order valence-electron chi connectivity index (χ0n) is 16.8. The fraction of sp³-hybridized carbons (Fsp3) is 0.762. The molecule has 1 aliphatic carbocycles. The Kier molecular flexibility index (Phi) is 5.10. The summed E-state index contributed by atoms with van der Waals surface area (Å²) in [6.45, 7) is 11.2. The number of likely N-dealkylation sites (tertiary alicyclic amines) is 1. The molecule has 0 unspecified atom stereocenters. The predicted octanol–water partition coefficient (Wildman–Crippen LogP) is 3.29. The Bertz CT molecular complexity index is 756. The van der Waals surface area contributed by atoms with Crippen molar-refractivity contribution in [1.29, 1.82) is 0 Å². The summed E-state index contributed by atoms with van der Waals surface area (Å²) >= 11 is 1.96. The number of thioether (sulfide) groups is 1. The van der Waals surface area contributed by atoms with Gasteiger partial charge in [0.05, 0.1) is 5.56 Å². The summed E-state index contributed by atoms with van der Waals surface area (Å²) in [6, 6.07) is 0.486. The molecule has 3 heterocycles. The van der Waals surface area contributed by atoms with Gasteiger partial charge in [-0.05, 0) is 30.1 Å². The van der Waals surface area contributed by atoms with Crippen LogP contribution in [0.4, 0.5) is 0 Å². The third-order valence-electron chi connectivity index (χ3n) is 6.53. The largest absolute Gasteiger partial charge is 0.507 e. The number of fused-ring (bicyclic) bond motifs is 2. The third kappa shape index (κ3) is 4.08. The summed E-state index contributed by atoms with van der Waals surface area (Å²) in [6.07, 6.45) is 5.02. The van der Waals surface area contributed by atoms with E-state index < -0.39 is 5.63 Å². The van der Waals surface area contributed by atoms with Gasteiger partial charge < -0.3 is 9.52 Å². The number of hydrogen-bond acceptors (Lipinski definition) is 6. The van der Waals surface area contributed by atoms with Crippen LogP contribution in [0.1, 0.15) is 51.2 Å². The maximum atomic E-state index is 12.4.